The van der Waals surface area contributed by atoms with E-state index in [1.807, 2.05) is 13.8 Å². The lowest BCUT2D eigenvalue weighted by atomic mass is 9.94. The minimum atomic E-state index is -0.979. The van der Waals surface area contributed by atoms with Gasteiger partial charge in [-0.15, -0.1) is 11.6 Å². The fourth-order valence-corrected chi connectivity index (χ4v) is 1.35. The van der Waals surface area contributed by atoms with Crippen molar-refractivity contribution in [3.63, 3.8) is 0 Å². The number of nitrogens with two attached hydrogens (primary N) is 1. The van der Waals surface area contributed by atoms with Gasteiger partial charge in [0.2, 0.25) is 0 Å². The number of carboxylic acid groups (broad SMARTS) is 1. The maximum absolute atomic E-state index is 10.5. The summed E-state index contributed by atoms with van der Waals surface area (Å²) in [6.45, 7) is 4.38. The molecule has 1 unspecified atom stereocenters. The van der Waals surface area contributed by atoms with Gasteiger partial charge in [-0.25, -0.2) is 0 Å². The fraction of sp³-hybridized carbons (Fsp3) is 0.875. The molecule has 12 heavy (non-hydrogen) atoms. The van der Waals surface area contributed by atoms with Crippen LogP contribution in [-0.2, 0) is 4.79 Å². The van der Waals surface area contributed by atoms with Gasteiger partial charge < -0.3 is 10.8 Å². The van der Waals surface area contributed by atoms with Gasteiger partial charge in [0.25, 0.3) is 0 Å². The molecular weight excluding hydrogens is 178 g/mol. The number of hydrogen-bond acceptors (Lipinski definition) is 2. The lowest BCUT2D eigenvalue weighted by Gasteiger charge is -2.18. The first-order valence-corrected chi connectivity index (χ1v) is 4.49. The quantitative estimate of drug-likeness (QED) is 0.647. The van der Waals surface area contributed by atoms with E-state index in [0.717, 1.165) is 6.42 Å². The average molecular weight is 194 g/mol. The SMILES string of the molecule is CC(C)CC(CN)[C@H](Cl)C(=O)O. The summed E-state index contributed by atoms with van der Waals surface area (Å²) in [6.07, 6.45) is 0.761. The Morgan fingerprint density at radius 1 is 1.58 bits per heavy atom. The van der Waals surface area contributed by atoms with Crippen LogP contribution in [0.3, 0.4) is 0 Å². The van der Waals surface area contributed by atoms with E-state index in [1.165, 1.54) is 0 Å². The molecule has 0 aromatic carbocycles. The molecule has 0 spiro atoms. The van der Waals surface area contributed by atoms with Crippen molar-refractivity contribution in [1.29, 1.82) is 0 Å². The first-order valence-electron chi connectivity index (χ1n) is 4.06. The summed E-state index contributed by atoms with van der Waals surface area (Å²) in [5, 5.41) is 7.76. The third kappa shape index (κ3) is 3.93. The zero-order valence-electron chi connectivity index (χ0n) is 7.46. The standard InChI is InChI=1S/C8H16ClNO2/c1-5(2)3-6(4-10)7(9)8(11)12/h5-7H,3-4,10H2,1-2H3,(H,11,12)/t6?,7-/m0/s1. The van der Waals surface area contributed by atoms with Crippen molar-refractivity contribution in [1.82, 2.24) is 0 Å². The van der Waals surface area contributed by atoms with Crippen molar-refractivity contribution < 1.29 is 9.90 Å². The monoisotopic (exact) mass is 193 g/mol. The molecule has 0 heterocycles. The summed E-state index contributed by atoms with van der Waals surface area (Å²) in [5.74, 6) is -0.670. The summed E-state index contributed by atoms with van der Waals surface area (Å²) in [7, 11) is 0. The molecule has 0 fully saturated rings. The lowest BCUT2D eigenvalue weighted by molar-refractivity contribution is -0.137. The van der Waals surface area contributed by atoms with E-state index in [4.69, 9.17) is 22.4 Å². The molecule has 3 N–H and O–H groups in total. The van der Waals surface area contributed by atoms with E-state index < -0.39 is 11.3 Å². The third-order valence-electron chi connectivity index (χ3n) is 1.73. The summed E-state index contributed by atoms with van der Waals surface area (Å²) < 4.78 is 0. The van der Waals surface area contributed by atoms with Gasteiger partial charge in [-0.1, -0.05) is 13.8 Å². The highest BCUT2D eigenvalue weighted by molar-refractivity contribution is 6.29. The number of rotatable bonds is 5. The number of hydrogen-bond donors (Lipinski definition) is 2. The van der Waals surface area contributed by atoms with Gasteiger partial charge in [0, 0.05) is 0 Å². The van der Waals surface area contributed by atoms with Crippen LogP contribution in [0, 0.1) is 11.8 Å². The van der Waals surface area contributed by atoms with Gasteiger partial charge in [-0.05, 0) is 24.8 Å². The zero-order valence-corrected chi connectivity index (χ0v) is 8.21. The Balaban J connectivity index is 4.05. The summed E-state index contributed by atoms with van der Waals surface area (Å²) >= 11 is 5.65. The summed E-state index contributed by atoms with van der Waals surface area (Å²) in [5.41, 5.74) is 5.41. The molecule has 0 aliphatic carbocycles. The van der Waals surface area contributed by atoms with Crippen molar-refractivity contribution in [3.05, 3.63) is 0 Å². The molecule has 0 saturated heterocycles. The average Bonchev–Trinajstić information content (AvgIpc) is 1.98. The summed E-state index contributed by atoms with van der Waals surface area (Å²) in [4.78, 5) is 10.5. The van der Waals surface area contributed by atoms with Gasteiger partial charge in [0.05, 0.1) is 0 Å². The molecule has 0 radical (unpaired) electrons. The lowest BCUT2D eigenvalue weighted by Crippen LogP contribution is -2.31. The number of halogens is 1. The topological polar surface area (TPSA) is 63.3 Å². The highest BCUT2D eigenvalue weighted by Crippen LogP contribution is 2.18. The van der Waals surface area contributed by atoms with Crippen LogP contribution in [0.2, 0.25) is 0 Å². The van der Waals surface area contributed by atoms with Crippen LogP contribution in [0.25, 0.3) is 0 Å². The van der Waals surface area contributed by atoms with Gasteiger partial charge in [-0.2, -0.15) is 0 Å². The van der Waals surface area contributed by atoms with Crippen LogP contribution in [0.15, 0.2) is 0 Å². The first kappa shape index (κ1) is 11.7. The Morgan fingerprint density at radius 2 is 2.08 bits per heavy atom. The molecule has 2 atom stereocenters. The molecule has 0 amide bonds. The van der Waals surface area contributed by atoms with Crippen LogP contribution < -0.4 is 5.73 Å². The van der Waals surface area contributed by atoms with E-state index in [1.54, 1.807) is 0 Å². The second-order valence-corrected chi connectivity index (χ2v) is 3.84. The Labute approximate surface area is 77.9 Å². The van der Waals surface area contributed by atoms with Crippen LogP contribution >= 0.6 is 11.6 Å². The Kier molecular flexibility index (Phi) is 5.25. The molecule has 0 aliphatic rings. The molecule has 0 saturated carbocycles. The Bertz CT molecular complexity index is 150. The maximum Gasteiger partial charge on any atom is 0.321 e. The highest BCUT2D eigenvalue weighted by Gasteiger charge is 2.24. The van der Waals surface area contributed by atoms with Crippen molar-refractivity contribution in [2.24, 2.45) is 17.6 Å². The second-order valence-electron chi connectivity index (χ2n) is 3.37. The van der Waals surface area contributed by atoms with E-state index in [9.17, 15) is 4.79 Å². The summed E-state index contributed by atoms with van der Waals surface area (Å²) in [6, 6.07) is 0. The van der Waals surface area contributed by atoms with Gasteiger partial charge in [0.1, 0.15) is 5.38 Å². The van der Waals surface area contributed by atoms with Crippen molar-refractivity contribution in [3.8, 4) is 0 Å². The molecule has 0 aromatic rings. The van der Waals surface area contributed by atoms with E-state index in [-0.39, 0.29) is 5.92 Å². The maximum atomic E-state index is 10.5. The normalized spacial score (nSPS) is 16.1. The Morgan fingerprint density at radius 3 is 2.33 bits per heavy atom. The van der Waals surface area contributed by atoms with E-state index >= 15 is 0 Å². The number of alkyl halides is 1. The van der Waals surface area contributed by atoms with E-state index in [2.05, 4.69) is 0 Å². The molecule has 0 aliphatic heterocycles. The Hall–Kier alpha value is -0.280. The van der Waals surface area contributed by atoms with E-state index in [0.29, 0.717) is 12.5 Å². The highest BCUT2D eigenvalue weighted by atomic mass is 35.5. The largest absolute Gasteiger partial charge is 0.480 e. The predicted octanol–water partition coefficient (Wildman–Crippen LogP) is 1.30. The molecule has 0 rings (SSSR count). The number of aliphatic carboxylic acids is 1. The van der Waals surface area contributed by atoms with Crippen LogP contribution in [-0.4, -0.2) is 23.0 Å². The van der Waals surface area contributed by atoms with Crippen molar-refractivity contribution in [2.45, 2.75) is 25.6 Å². The third-order valence-corrected chi connectivity index (χ3v) is 2.27. The molecular formula is C8H16ClNO2. The van der Waals surface area contributed by atoms with Crippen molar-refractivity contribution >= 4 is 17.6 Å². The zero-order chi connectivity index (χ0) is 9.72. The minimum Gasteiger partial charge on any atom is -0.480 e. The second kappa shape index (κ2) is 5.38. The number of carboxylic acids is 1. The smallest absolute Gasteiger partial charge is 0.321 e. The molecule has 0 bridgehead atoms. The van der Waals surface area contributed by atoms with Crippen molar-refractivity contribution in [2.75, 3.05) is 6.54 Å². The van der Waals surface area contributed by atoms with Gasteiger partial charge in [-0.3, -0.25) is 4.79 Å². The molecule has 72 valence electrons. The van der Waals surface area contributed by atoms with Crippen LogP contribution in [0.4, 0.5) is 0 Å². The van der Waals surface area contributed by atoms with Crippen LogP contribution in [0.5, 0.6) is 0 Å². The number of carbonyl (C=O) groups is 1. The molecule has 4 heteroatoms. The van der Waals surface area contributed by atoms with Gasteiger partial charge in [0.15, 0.2) is 0 Å². The minimum absolute atomic E-state index is 0.121. The fourth-order valence-electron chi connectivity index (χ4n) is 1.14. The van der Waals surface area contributed by atoms with Gasteiger partial charge >= 0.3 is 5.97 Å². The molecule has 3 nitrogen and oxygen atoms in total. The first-order chi connectivity index (χ1) is 5.49. The predicted molar refractivity (Wildman–Crippen MR) is 49.3 cm³/mol. The molecule has 0 aromatic heterocycles. The van der Waals surface area contributed by atoms with Crippen LogP contribution in [0.1, 0.15) is 20.3 Å².